The first-order valence-electron chi connectivity index (χ1n) is 6.73. The number of hydrogen-bond donors (Lipinski definition) is 2. The molecule has 0 saturated heterocycles. The summed E-state index contributed by atoms with van der Waals surface area (Å²) in [5, 5.41) is 3.75. The van der Waals surface area contributed by atoms with Gasteiger partial charge >= 0.3 is 0 Å². The van der Waals surface area contributed by atoms with Crippen molar-refractivity contribution >= 4 is 11.8 Å². The van der Waals surface area contributed by atoms with Crippen LogP contribution in [0.2, 0.25) is 0 Å². The maximum absolute atomic E-state index is 13.5. The van der Waals surface area contributed by atoms with Gasteiger partial charge < -0.3 is 4.52 Å². The molecule has 0 radical (unpaired) electrons. The molecular formula is C15H16FN3O3. The third kappa shape index (κ3) is 3.13. The van der Waals surface area contributed by atoms with E-state index in [2.05, 4.69) is 16.0 Å². The molecule has 0 atom stereocenters. The van der Waals surface area contributed by atoms with Crippen LogP contribution in [0.3, 0.4) is 0 Å². The number of benzene rings is 1. The fraction of sp³-hybridized carbons (Fsp3) is 0.267. The highest BCUT2D eigenvalue weighted by Gasteiger charge is 2.23. The zero-order valence-corrected chi connectivity index (χ0v) is 12.4. The van der Waals surface area contributed by atoms with E-state index in [9.17, 15) is 14.0 Å². The Morgan fingerprint density at radius 2 is 1.82 bits per heavy atom. The fourth-order valence-electron chi connectivity index (χ4n) is 1.95. The Bertz CT molecular complexity index is 710. The predicted octanol–water partition coefficient (Wildman–Crippen LogP) is 2.32. The Morgan fingerprint density at radius 1 is 1.18 bits per heavy atom. The van der Waals surface area contributed by atoms with E-state index in [1.54, 1.807) is 6.92 Å². The number of hydrazine groups is 1. The van der Waals surface area contributed by atoms with E-state index in [1.807, 2.05) is 13.8 Å². The molecule has 2 rings (SSSR count). The van der Waals surface area contributed by atoms with Gasteiger partial charge in [0.2, 0.25) is 0 Å². The largest absolute Gasteiger partial charge is 0.360 e. The molecule has 0 saturated carbocycles. The van der Waals surface area contributed by atoms with Gasteiger partial charge in [0.15, 0.2) is 5.76 Å². The van der Waals surface area contributed by atoms with Crippen molar-refractivity contribution in [1.29, 1.82) is 0 Å². The standard InChI is InChI=1S/C15H16FN3O3/c1-8(2)13-12(9(3)19-22-13)15(21)18-17-14(20)10-6-4-5-7-11(10)16/h4-8H,1-3H3,(H,17,20)(H,18,21). The van der Waals surface area contributed by atoms with Gasteiger partial charge in [0, 0.05) is 5.92 Å². The van der Waals surface area contributed by atoms with Gasteiger partial charge in [-0.25, -0.2) is 4.39 Å². The highest BCUT2D eigenvalue weighted by Crippen LogP contribution is 2.21. The van der Waals surface area contributed by atoms with E-state index in [0.29, 0.717) is 11.5 Å². The Hall–Kier alpha value is -2.70. The number of nitrogens with one attached hydrogen (secondary N) is 2. The Kier molecular flexibility index (Phi) is 4.55. The van der Waals surface area contributed by atoms with Crippen molar-refractivity contribution in [1.82, 2.24) is 16.0 Å². The maximum Gasteiger partial charge on any atom is 0.275 e. The molecule has 1 aromatic carbocycles. The molecule has 0 aliphatic heterocycles. The second-order valence-electron chi connectivity index (χ2n) is 5.05. The Labute approximate surface area is 126 Å². The number of aromatic nitrogens is 1. The average Bonchev–Trinajstić information content (AvgIpc) is 2.87. The second kappa shape index (κ2) is 6.38. The van der Waals surface area contributed by atoms with Crippen molar-refractivity contribution in [3.63, 3.8) is 0 Å². The van der Waals surface area contributed by atoms with Crippen LogP contribution in [-0.4, -0.2) is 17.0 Å². The zero-order chi connectivity index (χ0) is 16.3. The van der Waals surface area contributed by atoms with Crippen LogP contribution in [0.15, 0.2) is 28.8 Å². The van der Waals surface area contributed by atoms with Crippen LogP contribution in [0.1, 0.15) is 51.9 Å². The highest BCUT2D eigenvalue weighted by atomic mass is 19.1. The van der Waals surface area contributed by atoms with E-state index in [-0.39, 0.29) is 17.0 Å². The molecule has 22 heavy (non-hydrogen) atoms. The number of carbonyl (C=O) groups excluding carboxylic acids is 2. The number of halogens is 1. The second-order valence-corrected chi connectivity index (χ2v) is 5.05. The van der Waals surface area contributed by atoms with Crippen LogP contribution < -0.4 is 10.9 Å². The molecular weight excluding hydrogens is 289 g/mol. The predicted molar refractivity (Wildman–Crippen MR) is 76.7 cm³/mol. The molecule has 0 fully saturated rings. The summed E-state index contributed by atoms with van der Waals surface area (Å²) < 4.78 is 18.6. The summed E-state index contributed by atoms with van der Waals surface area (Å²) in [5.41, 5.74) is 4.94. The molecule has 0 unspecified atom stereocenters. The van der Waals surface area contributed by atoms with E-state index in [1.165, 1.54) is 18.2 Å². The van der Waals surface area contributed by atoms with Gasteiger partial charge in [-0.05, 0) is 19.1 Å². The summed E-state index contributed by atoms with van der Waals surface area (Å²) in [6.07, 6.45) is 0. The summed E-state index contributed by atoms with van der Waals surface area (Å²) in [5.74, 6) is -1.59. The van der Waals surface area contributed by atoms with E-state index in [0.717, 1.165) is 6.07 Å². The Balaban J connectivity index is 2.09. The number of amides is 2. The molecule has 2 amide bonds. The lowest BCUT2D eigenvalue weighted by molar-refractivity contribution is 0.0842. The minimum Gasteiger partial charge on any atom is -0.360 e. The summed E-state index contributed by atoms with van der Waals surface area (Å²) in [4.78, 5) is 24.0. The molecule has 2 aromatic rings. The lowest BCUT2D eigenvalue weighted by Gasteiger charge is -2.09. The molecule has 0 aliphatic rings. The first-order chi connectivity index (χ1) is 10.4. The quantitative estimate of drug-likeness (QED) is 0.852. The summed E-state index contributed by atoms with van der Waals surface area (Å²) in [6, 6.07) is 5.49. The topological polar surface area (TPSA) is 84.2 Å². The molecule has 116 valence electrons. The van der Waals surface area contributed by atoms with Crippen LogP contribution in [0.5, 0.6) is 0 Å². The Morgan fingerprint density at radius 3 is 2.45 bits per heavy atom. The van der Waals surface area contributed by atoms with Gasteiger partial charge in [0.05, 0.1) is 11.3 Å². The van der Waals surface area contributed by atoms with Crippen LogP contribution in [0.25, 0.3) is 0 Å². The first-order valence-corrected chi connectivity index (χ1v) is 6.73. The number of nitrogens with zero attached hydrogens (tertiary/aromatic N) is 1. The number of rotatable bonds is 3. The summed E-state index contributed by atoms with van der Waals surface area (Å²) in [6.45, 7) is 5.34. The van der Waals surface area contributed by atoms with Crippen molar-refractivity contribution in [3.8, 4) is 0 Å². The van der Waals surface area contributed by atoms with Gasteiger partial charge in [-0.2, -0.15) is 0 Å². The van der Waals surface area contributed by atoms with Crippen molar-refractivity contribution in [2.24, 2.45) is 0 Å². The van der Waals surface area contributed by atoms with Crippen molar-refractivity contribution in [3.05, 3.63) is 52.7 Å². The molecule has 1 aromatic heterocycles. The van der Waals surface area contributed by atoms with Gasteiger partial charge in [-0.15, -0.1) is 0 Å². The van der Waals surface area contributed by atoms with Gasteiger partial charge in [-0.1, -0.05) is 31.1 Å². The van der Waals surface area contributed by atoms with Crippen LogP contribution in [0, 0.1) is 12.7 Å². The average molecular weight is 305 g/mol. The van der Waals surface area contributed by atoms with Crippen molar-refractivity contribution < 1.29 is 18.5 Å². The van der Waals surface area contributed by atoms with Crippen LogP contribution in [0.4, 0.5) is 4.39 Å². The molecule has 6 nitrogen and oxygen atoms in total. The summed E-state index contributed by atoms with van der Waals surface area (Å²) in [7, 11) is 0. The first kappa shape index (κ1) is 15.7. The SMILES string of the molecule is Cc1noc(C(C)C)c1C(=O)NNC(=O)c1ccccc1F. The number of hydrogen-bond acceptors (Lipinski definition) is 4. The highest BCUT2D eigenvalue weighted by molar-refractivity contribution is 6.00. The molecule has 1 heterocycles. The normalized spacial score (nSPS) is 10.6. The van der Waals surface area contributed by atoms with Crippen molar-refractivity contribution in [2.45, 2.75) is 26.7 Å². The minimum atomic E-state index is -0.744. The van der Waals surface area contributed by atoms with Gasteiger partial charge in [0.25, 0.3) is 11.8 Å². The molecule has 0 spiro atoms. The van der Waals surface area contributed by atoms with E-state index < -0.39 is 17.6 Å². The molecule has 2 N–H and O–H groups in total. The van der Waals surface area contributed by atoms with Gasteiger partial charge in [0.1, 0.15) is 11.4 Å². The lowest BCUT2D eigenvalue weighted by atomic mass is 10.0. The molecule has 0 aliphatic carbocycles. The lowest BCUT2D eigenvalue weighted by Crippen LogP contribution is -2.42. The third-order valence-corrected chi connectivity index (χ3v) is 3.05. The summed E-state index contributed by atoms with van der Waals surface area (Å²) >= 11 is 0. The van der Waals surface area contributed by atoms with Crippen LogP contribution >= 0.6 is 0 Å². The zero-order valence-electron chi connectivity index (χ0n) is 12.4. The van der Waals surface area contributed by atoms with E-state index in [4.69, 9.17) is 4.52 Å². The third-order valence-electron chi connectivity index (χ3n) is 3.05. The molecule has 0 bridgehead atoms. The minimum absolute atomic E-state index is 0.0378. The van der Waals surface area contributed by atoms with E-state index >= 15 is 0 Å². The smallest absolute Gasteiger partial charge is 0.275 e. The van der Waals surface area contributed by atoms with Gasteiger partial charge in [-0.3, -0.25) is 20.4 Å². The molecule has 7 heteroatoms. The fourth-order valence-corrected chi connectivity index (χ4v) is 1.95. The number of aryl methyl sites for hydroxylation is 1. The van der Waals surface area contributed by atoms with Crippen molar-refractivity contribution in [2.75, 3.05) is 0 Å². The monoisotopic (exact) mass is 305 g/mol. The number of carbonyl (C=O) groups is 2. The maximum atomic E-state index is 13.5. The van der Waals surface area contributed by atoms with Crippen LogP contribution in [-0.2, 0) is 0 Å².